The molecule has 2 amide bonds. The molecule has 4 atom stereocenters. The van der Waals surface area contributed by atoms with E-state index < -0.39 is 41.2 Å². The van der Waals surface area contributed by atoms with Crippen LogP contribution in [0.2, 0.25) is 0 Å². The Balaban J connectivity index is 1.82. The van der Waals surface area contributed by atoms with E-state index in [9.17, 15) is 14.4 Å². The van der Waals surface area contributed by atoms with Crippen molar-refractivity contribution in [2.75, 3.05) is 32.8 Å². The van der Waals surface area contributed by atoms with Crippen molar-refractivity contribution in [3.8, 4) is 17.2 Å². The van der Waals surface area contributed by atoms with E-state index in [0.29, 0.717) is 28.5 Å². The molecule has 0 saturated carbocycles. The molecule has 2 aromatic rings. The number of imide groups is 1. The topological polar surface area (TPSA) is 103 Å². The van der Waals surface area contributed by atoms with Crippen LogP contribution < -0.4 is 24.4 Å². The fourth-order valence-corrected chi connectivity index (χ4v) is 4.94. The van der Waals surface area contributed by atoms with Gasteiger partial charge in [0.05, 0.1) is 45.5 Å². The summed E-state index contributed by atoms with van der Waals surface area (Å²) in [4.78, 5) is 41.7. The van der Waals surface area contributed by atoms with Crippen LogP contribution >= 0.6 is 0 Å². The van der Waals surface area contributed by atoms with Crippen LogP contribution in [0, 0.1) is 11.8 Å². The summed E-state index contributed by atoms with van der Waals surface area (Å²) in [5.74, 6) is -1.71. The first kappa shape index (κ1) is 23.6. The largest absolute Gasteiger partial charge is 0.497 e. The molecule has 0 spiro atoms. The van der Waals surface area contributed by atoms with Crippen LogP contribution in [0.5, 0.6) is 17.2 Å². The van der Waals surface area contributed by atoms with Crippen molar-refractivity contribution in [3.05, 3.63) is 48.0 Å². The predicted octanol–water partition coefficient (Wildman–Crippen LogP) is 2.48. The third-order valence-corrected chi connectivity index (χ3v) is 6.57. The summed E-state index contributed by atoms with van der Waals surface area (Å²) in [6.07, 6.45) is 0. The van der Waals surface area contributed by atoms with Crippen molar-refractivity contribution in [2.24, 2.45) is 11.8 Å². The van der Waals surface area contributed by atoms with Gasteiger partial charge in [-0.25, -0.2) is 4.90 Å². The molecule has 34 heavy (non-hydrogen) atoms. The van der Waals surface area contributed by atoms with Gasteiger partial charge in [-0.3, -0.25) is 19.7 Å². The first-order chi connectivity index (χ1) is 16.3. The molecule has 2 aromatic carbocycles. The molecule has 2 fully saturated rings. The Morgan fingerprint density at radius 1 is 1.00 bits per heavy atom. The third-order valence-electron chi connectivity index (χ3n) is 6.57. The molecule has 0 bridgehead atoms. The Labute approximate surface area is 197 Å². The highest BCUT2D eigenvalue weighted by molar-refractivity contribution is 6.24. The molecule has 2 aliphatic rings. The molecule has 4 rings (SSSR count). The van der Waals surface area contributed by atoms with E-state index in [0.717, 1.165) is 4.90 Å². The molecule has 2 saturated heterocycles. The Morgan fingerprint density at radius 3 is 2.38 bits per heavy atom. The van der Waals surface area contributed by atoms with Gasteiger partial charge in [-0.2, -0.15) is 0 Å². The van der Waals surface area contributed by atoms with Gasteiger partial charge in [0.25, 0.3) is 0 Å². The second-order valence-electron chi connectivity index (χ2n) is 8.38. The number of anilines is 1. The summed E-state index contributed by atoms with van der Waals surface area (Å²) in [7, 11) is 4.56. The minimum Gasteiger partial charge on any atom is -0.497 e. The van der Waals surface area contributed by atoms with Gasteiger partial charge in [0, 0.05) is 12.1 Å². The maximum atomic E-state index is 13.7. The molecule has 9 nitrogen and oxygen atoms in total. The fourth-order valence-electron chi connectivity index (χ4n) is 4.94. The lowest BCUT2D eigenvalue weighted by molar-refractivity contribution is -0.153. The van der Waals surface area contributed by atoms with Gasteiger partial charge in [-0.1, -0.05) is 12.1 Å². The second kappa shape index (κ2) is 8.98. The summed E-state index contributed by atoms with van der Waals surface area (Å²) in [6.45, 7) is 3.46. The molecule has 0 unspecified atom stereocenters. The number of carbonyl (C=O) groups excluding carboxylic acids is 3. The van der Waals surface area contributed by atoms with Crippen molar-refractivity contribution in [1.29, 1.82) is 0 Å². The van der Waals surface area contributed by atoms with E-state index in [1.807, 2.05) is 0 Å². The normalized spacial score (nSPS) is 25.8. The molecule has 180 valence electrons. The van der Waals surface area contributed by atoms with Crippen LogP contribution in [-0.2, 0) is 19.1 Å². The Hall–Kier alpha value is -3.59. The average molecular weight is 469 g/mol. The average Bonchev–Trinajstić information content (AvgIpc) is 3.31. The van der Waals surface area contributed by atoms with Gasteiger partial charge >= 0.3 is 5.97 Å². The van der Waals surface area contributed by atoms with Crippen molar-refractivity contribution >= 4 is 23.5 Å². The smallest absolute Gasteiger partial charge is 0.326 e. The zero-order valence-electron chi connectivity index (χ0n) is 19.8. The summed E-state index contributed by atoms with van der Waals surface area (Å²) < 4.78 is 21.3. The molecule has 0 aromatic heterocycles. The fraction of sp³-hybridized carbons (Fsp3) is 0.400. The van der Waals surface area contributed by atoms with Crippen LogP contribution in [0.15, 0.2) is 42.5 Å². The monoisotopic (exact) mass is 468 g/mol. The Bertz CT molecular complexity index is 1130. The van der Waals surface area contributed by atoms with Crippen LogP contribution in [0.25, 0.3) is 0 Å². The molecule has 2 heterocycles. The van der Waals surface area contributed by atoms with Crippen molar-refractivity contribution < 1.29 is 33.3 Å². The van der Waals surface area contributed by atoms with Crippen molar-refractivity contribution in [3.63, 3.8) is 0 Å². The number of carbonyl (C=O) groups is 3. The van der Waals surface area contributed by atoms with Crippen LogP contribution in [-0.4, -0.2) is 51.3 Å². The number of nitrogens with zero attached hydrogens (tertiary/aromatic N) is 1. The maximum Gasteiger partial charge on any atom is 0.326 e. The quantitative estimate of drug-likeness (QED) is 0.488. The number of benzene rings is 2. The molecular formula is C25H28N2O7. The van der Waals surface area contributed by atoms with Crippen LogP contribution in [0.1, 0.15) is 25.5 Å². The molecule has 2 aliphatic heterocycles. The lowest BCUT2D eigenvalue weighted by Gasteiger charge is -2.29. The summed E-state index contributed by atoms with van der Waals surface area (Å²) in [6, 6.07) is 11.4. The number of rotatable bonds is 7. The van der Waals surface area contributed by atoms with Gasteiger partial charge in [-0.15, -0.1) is 0 Å². The first-order valence-corrected chi connectivity index (χ1v) is 11.0. The third kappa shape index (κ3) is 3.56. The van der Waals surface area contributed by atoms with E-state index >= 15 is 0 Å². The maximum absolute atomic E-state index is 13.7. The zero-order valence-corrected chi connectivity index (χ0v) is 19.8. The molecule has 1 N–H and O–H groups in total. The van der Waals surface area contributed by atoms with Crippen LogP contribution in [0.3, 0.4) is 0 Å². The molecular weight excluding hydrogens is 440 g/mol. The van der Waals surface area contributed by atoms with Gasteiger partial charge in [0.2, 0.25) is 11.8 Å². The highest BCUT2D eigenvalue weighted by atomic mass is 16.5. The Kier molecular flexibility index (Phi) is 6.22. The highest BCUT2D eigenvalue weighted by Gasteiger charge is 2.67. The highest BCUT2D eigenvalue weighted by Crippen LogP contribution is 2.50. The summed E-state index contributed by atoms with van der Waals surface area (Å²) in [5.41, 5.74) is -0.325. The van der Waals surface area contributed by atoms with Crippen molar-refractivity contribution in [2.45, 2.75) is 25.4 Å². The van der Waals surface area contributed by atoms with E-state index in [4.69, 9.17) is 18.9 Å². The van der Waals surface area contributed by atoms with E-state index in [-0.39, 0.29) is 6.61 Å². The first-order valence-electron chi connectivity index (χ1n) is 11.0. The van der Waals surface area contributed by atoms with E-state index in [2.05, 4.69) is 5.32 Å². The Morgan fingerprint density at radius 2 is 1.74 bits per heavy atom. The SMILES string of the molecule is CCOC(=O)[C@]1(C)N[C@H](c2ccc(OC)c(OC)c2)[C@@H]2C(=O)N(c3cccc(OC)c3)C(=O)[C@@H]21. The molecule has 0 radical (unpaired) electrons. The van der Waals surface area contributed by atoms with Crippen LogP contribution in [0.4, 0.5) is 5.69 Å². The van der Waals surface area contributed by atoms with E-state index in [1.165, 1.54) is 21.3 Å². The van der Waals surface area contributed by atoms with Gasteiger partial charge in [-0.05, 0) is 43.7 Å². The number of methoxy groups -OCH3 is 3. The standard InChI is InChI=1S/C25H28N2O7/c1-6-34-24(30)25(2)20-19(21(26-25)14-10-11-17(32-4)18(12-14)33-5)22(28)27(23(20)29)15-8-7-9-16(13-15)31-3/h7-13,19-21,26H,6H2,1-5H3/t19-,20-,21-,25-/m1/s1. The van der Waals surface area contributed by atoms with Gasteiger partial charge < -0.3 is 18.9 Å². The number of nitrogens with one attached hydrogen (secondary N) is 1. The lowest BCUT2D eigenvalue weighted by Crippen LogP contribution is -2.54. The number of amides is 2. The molecule has 9 heteroatoms. The number of fused-ring (bicyclic) bond motifs is 1. The number of ether oxygens (including phenoxy) is 4. The predicted molar refractivity (Wildman–Crippen MR) is 123 cm³/mol. The number of esters is 1. The second-order valence-corrected chi connectivity index (χ2v) is 8.38. The molecule has 0 aliphatic carbocycles. The number of hydrogen-bond acceptors (Lipinski definition) is 8. The lowest BCUT2D eigenvalue weighted by atomic mass is 9.80. The number of hydrogen-bond donors (Lipinski definition) is 1. The zero-order chi connectivity index (χ0) is 24.6. The summed E-state index contributed by atoms with van der Waals surface area (Å²) >= 11 is 0. The minimum absolute atomic E-state index is 0.149. The van der Waals surface area contributed by atoms with E-state index in [1.54, 1.807) is 56.3 Å². The van der Waals surface area contributed by atoms with Crippen molar-refractivity contribution in [1.82, 2.24) is 5.32 Å². The van der Waals surface area contributed by atoms with Gasteiger partial charge in [0.1, 0.15) is 11.3 Å². The van der Waals surface area contributed by atoms with Gasteiger partial charge in [0.15, 0.2) is 11.5 Å². The minimum atomic E-state index is -1.40. The summed E-state index contributed by atoms with van der Waals surface area (Å²) in [5, 5.41) is 3.25.